The number of halogens is 2. The first-order valence-corrected chi connectivity index (χ1v) is 3.77. The molecule has 0 spiro atoms. The molecular formula is C8H8ClFO2. The third kappa shape index (κ3) is 1.94. The molecule has 0 aliphatic heterocycles. The molecule has 66 valence electrons. The van der Waals surface area contributed by atoms with E-state index >= 15 is 0 Å². The van der Waals surface area contributed by atoms with Crippen LogP contribution in [0.25, 0.3) is 0 Å². The lowest BCUT2D eigenvalue weighted by atomic mass is 10.1. The summed E-state index contributed by atoms with van der Waals surface area (Å²) in [5.41, 5.74) is 0.334. The molecule has 0 aliphatic carbocycles. The van der Waals surface area contributed by atoms with Crippen molar-refractivity contribution in [3.8, 4) is 0 Å². The average Bonchev–Trinajstić information content (AvgIpc) is 2.03. The zero-order valence-electron chi connectivity index (χ0n) is 6.17. The number of aliphatic hydroxyl groups is 2. The van der Waals surface area contributed by atoms with Crippen LogP contribution in [0, 0.1) is 5.82 Å². The molecule has 1 aromatic rings. The SMILES string of the molecule is OC[C@H](O)c1ccc(F)cc1Cl. The Labute approximate surface area is 74.2 Å². The van der Waals surface area contributed by atoms with Crippen molar-refractivity contribution in [1.29, 1.82) is 0 Å². The van der Waals surface area contributed by atoms with Crippen LogP contribution in [0.2, 0.25) is 5.02 Å². The minimum atomic E-state index is -1.04. The Bertz CT molecular complexity index is 278. The normalized spacial score (nSPS) is 13.0. The monoisotopic (exact) mass is 190 g/mol. The molecule has 1 atom stereocenters. The average molecular weight is 191 g/mol. The predicted molar refractivity (Wildman–Crippen MR) is 43.5 cm³/mol. The summed E-state index contributed by atoms with van der Waals surface area (Å²) in [6.45, 7) is -0.425. The van der Waals surface area contributed by atoms with E-state index in [1.165, 1.54) is 12.1 Å². The first-order valence-electron chi connectivity index (χ1n) is 3.39. The summed E-state index contributed by atoms with van der Waals surface area (Å²) in [4.78, 5) is 0. The lowest BCUT2D eigenvalue weighted by Gasteiger charge is -2.08. The van der Waals surface area contributed by atoms with Crippen LogP contribution in [0.15, 0.2) is 18.2 Å². The van der Waals surface area contributed by atoms with Gasteiger partial charge in [-0.1, -0.05) is 17.7 Å². The minimum absolute atomic E-state index is 0.122. The van der Waals surface area contributed by atoms with Gasteiger partial charge in [-0.05, 0) is 12.1 Å². The van der Waals surface area contributed by atoms with Gasteiger partial charge in [0.25, 0.3) is 0 Å². The predicted octanol–water partition coefficient (Wildman–Crippen LogP) is 1.50. The van der Waals surface area contributed by atoms with Gasteiger partial charge in [-0.2, -0.15) is 0 Å². The summed E-state index contributed by atoms with van der Waals surface area (Å²) in [7, 11) is 0. The first-order chi connectivity index (χ1) is 5.65. The van der Waals surface area contributed by atoms with Crippen molar-refractivity contribution in [2.75, 3.05) is 6.61 Å². The van der Waals surface area contributed by atoms with E-state index in [1.807, 2.05) is 0 Å². The summed E-state index contributed by atoms with van der Waals surface area (Å²) in [5, 5.41) is 17.8. The molecule has 2 nitrogen and oxygen atoms in total. The molecule has 0 heterocycles. The lowest BCUT2D eigenvalue weighted by molar-refractivity contribution is 0.0956. The Kier molecular flexibility index (Phi) is 3.03. The fourth-order valence-corrected chi connectivity index (χ4v) is 1.16. The van der Waals surface area contributed by atoms with E-state index in [0.717, 1.165) is 6.07 Å². The van der Waals surface area contributed by atoms with Gasteiger partial charge in [0.1, 0.15) is 11.9 Å². The Hall–Kier alpha value is -0.640. The maximum atomic E-state index is 12.5. The number of benzene rings is 1. The molecule has 0 unspecified atom stereocenters. The zero-order valence-corrected chi connectivity index (χ0v) is 6.92. The molecule has 0 aromatic heterocycles. The smallest absolute Gasteiger partial charge is 0.124 e. The Morgan fingerprint density at radius 3 is 2.67 bits per heavy atom. The van der Waals surface area contributed by atoms with Crippen LogP contribution in [0.1, 0.15) is 11.7 Å². The van der Waals surface area contributed by atoms with Crippen LogP contribution in [0.4, 0.5) is 4.39 Å². The van der Waals surface area contributed by atoms with Crippen LogP contribution in [0.5, 0.6) is 0 Å². The van der Waals surface area contributed by atoms with E-state index in [0.29, 0.717) is 5.56 Å². The van der Waals surface area contributed by atoms with Crippen molar-refractivity contribution in [2.45, 2.75) is 6.10 Å². The van der Waals surface area contributed by atoms with Gasteiger partial charge in [0.15, 0.2) is 0 Å². The van der Waals surface area contributed by atoms with Crippen molar-refractivity contribution in [1.82, 2.24) is 0 Å². The molecule has 0 fully saturated rings. The van der Waals surface area contributed by atoms with E-state index < -0.39 is 18.5 Å². The Morgan fingerprint density at radius 1 is 1.50 bits per heavy atom. The van der Waals surface area contributed by atoms with E-state index in [9.17, 15) is 4.39 Å². The molecular weight excluding hydrogens is 183 g/mol. The van der Waals surface area contributed by atoms with Crippen molar-refractivity contribution >= 4 is 11.6 Å². The molecule has 2 N–H and O–H groups in total. The Morgan fingerprint density at radius 2 is 2.17 bits per heavy atom. The second kappa shape index (κ2) is 3.85. The van der Waals surface area contributed by atoms with Gasteiger partial charge in [-0.25, -0.2) is 4.39 Å². The van der Waals surface area contributed by atoms with Crippen molar-refractivity contribution in [3.05, 3.63) is 34.6 Å². The second-order valence-electron chi connectivity index (χ2n) is 2.36. The highest BCUT2D eigenvalue weighted by atomic mass is 35.5. The molecule has 0 saturated carbocycles. The third-order valence-electron chi connectivity index (χ3n) is 1.49. The minimum Gasteiger partial charge on any atom is -0.393 e. The van der Waals surface area contributed by atoms with Gasteiger partial charge < -0.3 is 10.2 Å². The first kappa shape index (κ1) is 9.45. The van der Waals surface area contributed by atoms with E-state index in [-0.39, 0.29) is 5.02 Å². The summed E-state index contributed by atoms with van der Waals surface area (Å²) in [6, 6.07) is 3.62. The van der Waals surface area contributed by atoms with Gasteiger partial charge in [0, 0.05) is 10.6 Å². The fourth-order valence-electron chi connectivity index (χ4n) is 0.870. The number of aliphatic hydroxyl groups excluding tert-OH is 2. The van der Waals surface area contributed by atoms with Gasteiger partial charge in [-0.15, -0.1) is 0 Å². The lowest BCUT2D eigenvalue weighted by Crippen LogP contribution is -2.03. The van der Waals surface area contributed by atoms with Crippen molar-refractivity contribution in [3.63, 3.8) is 0 Å². The quantitative estimate of drug-likeness (QED) is 0.742. The maximum Gasteiger partial charge on any atom is 0.124 e. The molecule has 0 radical (unpaired) electrons. The van der Waals surface area contributed by atoms with Crippen molar-refractivity contribution in [2.24, 2.45) is 0 Å². The van der Waals surface area contributed by atoms with Crippen LogP contribution in [0.3, 0.4) is 0 Å². The zero-order chi connectivity index (χ0) is 9.14. The summed E-state index contributed by atoms with van der Waals surface area (Å²) < 4.78 is 12.5. The van der Waals surface area contributed by atoms with Crippen LogP contribution in [-0.2, 0) is 0 Å². The van der Waals surface area contributed by atoms with E-state index in [1.54, 1.807) is 0 Å². The van der Waals surface area contributed by atoms with Gasteiger partial charge in [0.05, 0.1) is 6.61 Å². The number of hydrogen-bond donors (Lipinski definition) is 2. The van der Waals surface area contributed by atoms with E-state index in [2.05, 4.69) is 0 Å². The maximum absolute atomic E-state index is 12.5. The number of hydrogen-bond acceptors (Lipinski definition) is 2. The highest BCUT2D eigenvalue weighted by Gasteiger charge is 2.10. The molecule has 0 saturated heterocycles. The summed E-state index contributed by atoms with van der Waals surface area (Å²) in [6.07, 6.45) is -1.04. The highest BCUT2D eigenvalue weighted by Crippen LogP contribution is 2.23. The van der Waals surface area contributed by atoms with Gasteiger partial charge >= 0.3 is 0 Å². The highest BCUT2D eigenvalue weighted by molar-refractivity contribution is 6.31. The van der Waals surface area contributed by atoms with Crippen LogP contribution in [-0.4, -0.2) is 16.8 Å². The number of rotatable bonds is 2. The molecule has 0 aliphatic rings. The summed E-state index contributed by atoms with van der Waals surface area (Å²) in [5.74, 6) is -0.464. The molecule has 1 aromatic carbocycles. The molecule has 0 amide bonds. The van der Waals surface area contributed by atoms with Crippen LogP contribution >= 0.6 is 11.6 Å². The third-order valence-corrected chi connectivity index (χ3v) is 1.82. The Balaban J connectivity index is 3.01. The molecule has 1 rings (SSSR count). The molecule has 0 bridgehead atoms. The standard InChI is InChI=1S/C8H8ClFO2/c9-7-3-5(10)1-2-6(7)8(12)4-11/h1-3,8,11-12H,4H2/t8-/m0/s1. The molecule has 12 heavy (non-hydrogen) atoms. The summed E-state index contributed by atoms with van der Waals surface area (Å²) >= 11 is 5.59. The van der Waals surface area contributed by atoms with Gasteiger partial charge in [-0.3, -0.25) is 0 Å². The molecule has 4 heteroatoms. The van der Waals surface area contributed by atoms with Gasteiger partial charge in [0.2, 0.25) is 0 Å². The topological polar surface area (TPSA) is 40.5 Å². The van der Waals surface area contributed by atoms with Crippen molar-refractivity contribution < 1.29 is 14.6 Å². The largest absolute Gasteiger partial charge is 0.393 e. The second-order valence-corrected chi connectivity index (χ2v) is 2.77. The van der Waals surface area contributed by atoms with Crippen LogP contribution < -0.4 is 0 Å². The fraction of sp³-hybridized carbons (Fsp3) is 0.250. The van der Waals surface area contributed by atoms with E-state index in [4.69, 9.17) is 21.8 Å².